The number of ether oxygens (including phenoxy) is 1. The molecule has 0 bridgehead atoms. The Morgan fingerprint density at radius 2 is 2.27 bits per heavy atom. The van der Waals surface area contributed by atoms with E-state index in [-0.39, 0.29) is 17.9 Å². The van der Waals surface area contributed by atoms with Crippen LogP contribution >= 0.6 is 0 Å². The van der Waals surface area contributed by atoms with Gasteiger partial charge in [-0.25, -0.2) is 18.2 Å². The monoisotopic (exact) mass is 216 g/mol. The van der Waals surface area contributed by atoms with Crippen LogP contribution in [0.15, 0.2) is 6.07 Å². The molecule has 0 unspecified atom stereocenters. The molecule has 0 spiro atoms. The molecule has 0 aliphatic heterocycles. The largest absolute Gasteiger partial charge is 0.492 e. The van der Waals surface area contributed by atoms with Crippen molar-refractivity contribution in [1.29, 1.82) is 5.26 Å². The van der Waals surface area contributed by atoms with Gasteiger partial charge in [0.15, 0.2) is 11.6 Å². The molecule has 80 valence electrons. The molecule has 1 aromatic rings. The van der Waals surface area contributed by atoms with Crippen LogP contribution in [-0.4, -0.2) is 12.1 Å². The maximum Gasteiger partial charge on any atom is 0.280 e. The van der Waals surface area contributed by atoms with Gasteiger partial charge in [-0.15, -0.1) is 0 Å². The summed E-state index contributed by atoms with van der Waals surface area (Å²) in [5.41, 5.74) is -0.811. The molecule has 15 heavy (non-hydrogen) atoms. The van der Waals surface area contributed by atoms with Crippen LogP contribution in [0.4, 0.5) is 13.2 Å². The highest BCUT2D eigenvalue weighted by atomic mass is 19.3. The first-order valence-electron chi connectivity index (χ1n) is 3.98. The van der Waals surface area contributed by atoms with E-state index in [1.165, 1.54) is 7.11 Å². The summed E-state index contributed by atoms with van der Waals surface area (Å²) in [7, 11) is 1.18. The van der Waals surface area contributed by atoms with E-state index >= 15 is 0 Å². The summed E-state index contributed by atoms with van der Waals surface area (Å²) in [6, 6.07) is 2.30. The van der Waals surface area contributed by atoms with Crippen molar-refractivity contribution in [1.82, 2.24) is 4.98 Å². The maximum atomic E-state index is 13.2. The van der Waals surface area contributed by atoms with E-state index < -0.39 is 17.9 Å². The number of pyridine rings is 1. The second-order valence-corrected chi connectivity index (χ2v) is 2.64. The molecular weight excluding hydrogens is 209 g/mol. The van der Waals surface area contributed by atoms with E-state index in [4.69, 9.17) is 5.26 Å². The van der Waals surface area contributed by atoms with Crippen LogP contribution in [0.1, 0.15) is 17.8 Å². The summed E-state index contributed by atoms with van der Waals surface area (Å²) in [5, 5.41) is 8.40. The fourth-order valence-electron chi connectivity index (χ4n) is 1.09. The van der Waals surface area contributed by atoms with E-state index in [9.17, 15) is 13.2 Å². The number of nitrogens with zero attached hydrogens (tertiary/aromatic N) is 2. The second-order valence-electron chi connectivity index (χ2n) is 2.64. The fourth-order valence-corrected chi connectivity index (χ4v) is 1.09. The van der Waals surface area contributed by atoms with Crippen molar-refractivity contribution in [2.75, 3.05) is 7.11 Å². The van der Waals surface area contributed by atoms with E-state index in [2.05, 4.69) is 9.72 Å². The molecule has 0 saturated carbocycles. The van der Waals surface area contributed by atoms with Crippen LogP contribution in [0, 0.1) is 17.1 Å². The Morgan fingerprint density at radius 3 is 2.73 bits per heavy atom. The topological polar surface area (TPSA) is 45.9 Å². The van der Waals surface area contributed by atoms with Gasteiger partial charge in [0.2, 0.25) is 0 Å². The molecule has 0 aliphatic rings. The minimum atomic E-state index is -2.87. The summed E-state index contributed by atoms with van der Waals surface area (Å²) in [6.45, 7) is 0. The normalized spacial score (nSPS) is 10.1. The summed E-state index contributed by atoms with van der Waals surface area (Å²) < 4.78 is 42.3. The van der Waals surface area contributed by atoms with Crippen molar-refractivity contribution in [2.24, 2.45) is 0 Å². The molecule has 0 saturated heterocycles. The molecule has 6 heteroatoms. The Kier molecular flexibility index (Phi) is 3.50. The van der Waals surface area contributed by atoms with Crippen LogP contribution in [-0.2, 0) is 6.42 Å². The minimum absolute atomic E-state index is 0.115. The number of halogens is 3. The van der Waals surface area contributed by atoms with Gasteiger partial charge in [0.05, 0.1) is 25.3 Å². The lowest BCUT2D eigenvalue weighted by atomic mass is 10.2. The number of hydrogen-bond donors (Lipinski definition) is 0. The SMILES string of the molecule is COc1c(F)cc(C(F)F)nc1CC#N. The number of methoxy groups -OCH3 is 1. The first-order valence-corrected chi connectivity index (χ1v) is 3.98. The smallest absolute Gasteiger partial charge is 0.280 e. The predicted molar refractivity (Wildman–Crippen MR) is 45.0 cm³/mol. The first-order chi connectivity index (χ1) is 7.10. The molecule has 0 N–H and O–H groups in total. The zero-order chi connectivity index (χ0) is 11.4. The quantitative estimate of drug-likeness (QED) is 0.778. The Hall–Kier alpha value is -1.77. The number of hydrogen-bond acceptors (Lipinski definition) is 3. The van der Waals surface area contributed by atoms with Crippen LogP contribution in [0.3, 0.4) is 0 Å². The predicted octanol–water partition coefficient (Wildman–Crippen LogP) is 2.23. The lowest BCUT2D eigenvalue weighted by Gasteiger charge is -2.08. The van der Waals surface area contributed by atoms with Gasteiger partial charge in [-0.3, -0.25) is 0 Å². The molecule has 0 radical (unpaired) electrons. The third-order valence-corrected chi connectivity index (χ3v) is 1.69. The summed E-state index contributed by atoms with van der Waals surface area (Å²) in [4.78, 5) is 3.46. The highest BCUT2D eigenvalue weighted by Crippen LogP contribution is 2.26. The number of nitriles is 1. The van der Waals surface area contributed by atoms with Crippen molar-refractivity contribution in [3.63, 3.8) is 0 Å². The van der Waals surface area contributed by atoms with Crippen LogP contribution in [0.5, 0.6) is 5.75 Å². The zero-order valence-electron chi connectivity index (χ0n) is 7.80. The van der Waals surface area contributed by atoms with Crippen molar-refractivity contribution in [2.45, 2.75) is 12.8 Å². The van der Waals surface area contributed by atoms with Crippen molar-refractivity contribution in [3.8, 4) is 11.8 Å². The molecule has 0 amide bonds. The molecule has 3 nitrogen and oxygen atoms in total. The molecule has 0 aromatic carbocycles. The summed E-state index contributed by atoms with van der Waals surface area (Å²) in [5.74, 6) is -1.20. The Labute approximate surface area is 84.1 Å². The van der Waals surface area contributed by atoms with Gasteiger partial charge in [0, 0.05) is 6.07 Å². The van der Waals surface area contributed by atoms with Crippen LogP contribution in [0.2, 0.25) is 0 Å². The Balaban J connectivity index is 3.26. The van der Waals surface area contributed by atoms with Crippen LogP contribution < -0.4 is 4.74 Å². The summed E-state index contributed by atoms with van der Waals surface area (Å²) in [6.07, 6.45) is -3.15. The highest BCUT2D eigenvalue weighted by Gasteiger charge is 2.17. The van der Waals surface area contributed by atoms with Crippen molar-refractivity contribution >= 4 is 0 Å². The van der Waals surface area contributed by atoms with E-state index in [1.54, 1.807) is 6.07 Å². The van der Waals surface area contributed by atoms with Gasteiger partial charge < -0.3 is 4.74 Å². The fraction of sp³-hybridized carbons (Fsp3) is 0.333. The maximum absolute atomic E-state index is 13.2. The van der Waals surface area contributed by atoms with E-state index in [0.29, 0.717) is 6.07 Å². The highest BCUT2D eigenvalue weighted by molar-refractivity contribution is 5.33. The number of aromatic nitrogens is 1. The third-order valence-electron chi connectivity index (χ3n) is 1.69. The van der Waals surface area contributed by atoms with Gasteiger partial charge in [-0.1, -0.05) is 0 Å². The van der Waals surface area contributed by atoms with Gasteiger partial charge in [0.1, 0.15) is 5.69 Å². The average molecular weight is 216 g/mol. The molecule has 1 aromatic heterocycles. The molecule has 1 rings (SSSR count). The molecule has 0 fully saturated rings. The van der Waals surface area contributed by atoms with Gasteiger partial charge >= 0.3 is 0 Å². The number of rotatable bonds is 3. The second kappa shape index (κ2) is 4.64. The average Bonchev–Trinajstić information content (AvgIpc) is 2.17. The first kappa shape index (κ1) is 11.3. The standard InChI is InChI=1S/C9H7F3N2O/c1-15-8-5(10)4-7(9(11)12)14-6(8)2-3-13/h4,9H,2H2,1H3. The zero-order valence-corrected chi connectivity index (χ0v) is 7.80. The third kappa shape index (κ3) is 2.37. The Morgan fingerprint density at radius 1 is 1.60 bits per heavy atom. The Bertz CT molecular complexity index is 401. The van der Waals surface area contributed by atoms with Crippen LogP contribution in [0.25, 0.3) is 0 Å². The lowest BCUT2D eigenvalue weighted by Crippen LogP contribution is -2.02. The van der Waals surface area contributed by atoms with E-state index in [1.807, 2.05) is 0 Å². The molecule has 1 heterocycles. The van der Waals surface area contributed by atoms with Crippen molar-refractivity contribution < 1.29 is 17.9 Å². The lowest BCUT2D eigenvalue weighted by molar-refractivity contribution is 0.145. The van der Waals surface area contributed by atoms with Gasteiger partial charge in [-0.05, 0) is 0 Å². The molecule has 0 aliphatic carbocycles. The van der Waals surface area contributed by atoms with E-state index in [0.717, 1.165) is 0 Å². The van der Waals surface area contributed by atoms with Gasteiger partial charge in [-0.2, -0.15) is 5.26 Å². The minimum Gasteiger partial charge on any atom is -0.492 e. The molecule has 0 atom stereocenters. The van der Waals surface area contributed by atoms with Gasteiger partial charge in [0.25, 0.3) is 6.43 Å². The molecular formula is C9H7F3N2O. The number of alkyl halides is 2. The summed E-state index contributed by atoms with van der Waals surface area (Å²) >= 11 is 0. The van der Waals surface area contributed by atoms with Crippen molar-refractivity contribution in [3.05, 3.63) is 23.3 Å².